The van der Waals surface area contributed by atoms with Crippen LogP contribution in [0.15, 0.2) is 36.4 Å². The summed E-state index contributed by atoms with van der Waals surface area (Å²) in [5.41, 5.74) is 1.91. The van der Waals surface area contributed by atoms with Gasteiger partial charge < -0.3 is 24.3 Å². The molecule has 2 aromatic carbocycles. The summed E-state index contributed by atoms with van der Waals surface area (Å²) in [6, 6.07) is 11.4. The zero-order valence-electron chi connectivity index (χ0n) is 17.4. The van der Waals surface area contributed by atoms with Crippen LogP contribution in [0.2, 0.25) is 0 Å². The molecule has 0 saturated carbocycles. The van der Waals surface area contributed by atoms with Crippen molar-refractivity contribution in [2.45, 2.75) is 39.3 Å². The monoisotopic (exact) mass is 387 g/mol. The van der Waals surface area contributed by atoms with Crippen molar-refractivity contribution in [1.29, 1.82) is 0 Å². The van der Waals surface area contributed by atoms with Gasteiger partial charge in [-0.15, -0.1) is 0 Å². The number of methoxy groups -OCH3 is 3. The van der Waals surface area contributed by atoms with Crippen molar-refractivity contribution in [1.82, 2.24) is 5.32 Å². The lowest BCUT2D eigenvalue weighted by molar-refractivity contribution is -0.127. The summed E-state index contributed by atoms with van der Waals surface area (Å²) in [6.45, 7) is 6.24. The van der Waals surface area contributed by atoms with Crippen molar-refractivity contribution >= 4 is 5.91 Å². The zero-order chi connectivity index (χ0) is 20.7. The first-order valence-electron chi connectivity index (χ1n) is 9.23. The minimum absolute atomic E-state index is 0.202. The molecule has 28 heavy (non-hydrogen) atoms. The van der Waals surface area contributed by atoms with Crippen LogP contribution in [0.5, 0.6) is 23.0 Å². The molecular weight excluding hydrogens is 358 g/mol. The van der Waals surface area contributed by atoms with E-state index in [0.29, 0.717) is 29.7 Å². The molecule has 0 fully saturated rings. The van der Waals surface area contributed by atoms with Gasteiger partial charge in [0, 0.05) is 6.54 Å². The minimum Gasteiger partial charge on any atom is -0.493 e. The molecule has 0 bridgehead atoms. The van der Waals surface area contributed by atoms with E-state index in [9.17, 15) is 4.79 Å². The summed E-state index contributed by atoms with van der Waals surface area (Å²) in [7, 11) is 4.67. The van der Waals surface area contributed by atoms with Crippen LogP contribution in [0.25, 0.3) is 0 Å². The molecule has 1 unspecified atom stereocenters. The molecule has 0 spiro atoms. The maximum absolute atomic E-state index is 12.5. The summed E-state index contributed by atoms with van der Waals surface area (Å²) in [5, 5.41) is 2.89. The van der Waals surface area contributed by atoms with Crippen molar-refractivity contribution in [2.24, 2.45) is 0 Å². The Kier molecular flexibility index (Phi) is 7.55. The van der Waals surface area contributed by atoms with Gasteiger partial charge in [-0.2, -0.15) is 0 Å². The van der Waals surface area contributed by atoms with E-state index in [-0.39, 0.29) is 5.91 Å². The van der Waals surface area contributed by atoms with Gasteiger partial charge in [0.15, 0.2) is 17.6 Å². The largest absolute Gasteiger partial charge is 0.493 e. The standard InChI is InChI=1S/C22H29NO5/c1-14(2)17-9-7-8-10-18(17)28-15(3)22(24)23-13-16-11-19(25-4)21(27-6)20(12-16)26-5/h7-12,14-15H,13H2,1-6H3,(H,23,24). The van der Waals surface area contributed by atoms with Crippen LogP contribution in [0, 0.1) is 0 Å². The molecule has 0 heterocycles. The topological polar surface area (TPSA) is 66.0 Å². The lowest BCUT2D eigenvalue weighted by Crippen LogP contribution is -2.36. The average Bonchev–Trinajstić information content (AvgIpc) is 2.71. The van der Waals surface area contributed by atoms with Crippen LogP contribution in [-0.4, -0.2) is 33.3 Å². The maximum atomic E-state index is 12.5. The van der Waals surface area contributed by atoms with E-state index in [1.165, 1.54) is 0 Å². The number of ether oxygens (including phenoxy) is 4. The first kappa shape index (κ1) is 21.4. The van der Waals surface area contributed by atoms with Crippen LogP contribution in [0.1, 0.15) is 37.8 Å². The normalized spacial score (nSPS) is 11.7. The molecular formula is C22H29NO5. The van der Waals surface area contributed by atoms with Gasteiger partial charge in [-0.05, 0) is 42.2 Å². The number of benzene rings is 2. The minimum atomic E-state index is -0.623. The Morgan fingerprint density at radius 1 is 0.929 bits per heavy atom. The molecule has 2 rings (SSSR count). The maximum Gasteiger partial charge on any atom is 0.261 e. The smallest absolute Gasteiger partial charge is 0.261 e. The van der Waals surface area contributed by atoms with Crippen LogP contribution in [0.3, 0.4) is 0 Å². The van der Waals surface area contributed by atoms with Crippen molar-refractivity contribution in [3.8, 4) is 23.0 Å². The van der Waals surface area contributed by atoms with Gasteiger partial charge in [-0.3, -0.25) is 4.79 Å². The van der Waals surface area contributed by atoms with Crippen LogP contribution in [-0.2, 0) is 11.3 Å². The van der Waals surface area contributed by atoms with Gasteiger partial charge in [0.05, 0.1) is 21.3 Å². The summed E-state index contributed by atoms with van der Waals surface area (Å²) in [4.78, 5) is 12.5. The Morgan fingerprint density at radius 2 is 1.54 bits per heavy atom. The summed E-state index contributed by atoms with van der Waals surface area (Å²) in [5.74, 6) is 2.44. The fourth-order valence-electron chi connectivity index (χ4n) is 2.88. The summed E-state index contributed by atoms with van der Waals surface area (Å²) >= 11 is 0. The molecule has 0 aliphatic heterocycles. The summed E-state index contributed by atoms with van der Waals surface area (Å²) in [6.07, 6.45) is -0.623. The Bertz CT molecular complexity index is 778. The Balaban J connectivity index is 2.06. The number of para-hydroxylation sites is 1. The van der Waals surface area contributed by atoms with Crippen molar-refractivity contribution in [3.05, 3.63) is 47.5 Å². The van der Waals surface area contributed by atoms with E-state index in [2.05, 4.69) is 19.2 Å². The molecule has 6 heteroatoms. The zero-order valence-corrected chi connectivity index (χ0v) is 17.4. The highest BCUT2D eigenvalue weighted by Gasteiger charge is 2.18. The third kappa shape index (κ3) is 5.09. The second-order valence-electron chi connectivity index (χ2n) is 6.70. The molecule has 1 N–H and O–H groups in total. The molecule has 0 saturated heterocycles. The Morgan fingerprint density at radius 3 is 2.07 bits per heavy atom. The van der Waals surface area contributed by atoms with Gasteiger partial charge in [-0.1, -0.05) is 32.0 Å². The molecule has 1 atom stereocenters. The van der Waals surface area contributed by atoms with Gasteiger partial charge in [0.1, 0.15) is 5.75 Å². The molecule has 2 aromatic rings. The van der Waals surface area contributed by atoms with Crippen molar-refractivity contribution < 1.29 is 23.7 Å². The molecule has 1 amide bonds. The quantitative estimate of drug-likeness (QED) is 0.706. The van der Waals surface area contributed by atoms with Gasteiger partial charge in [0.25, 0.3) is 5.91 Å². The van der Waals surface area contributed by atoms with Crippen molar-refractivity contribution in [3.63, 3.8) is 0 Å². The molecule has 152 valence electrons. The lowest BCUT2D eigenvalue weighted by Gasteiger charge is -2.19. The third-order valence-corrected chi connectivity index (χ3v) is 4.41. The third-order valence-electron chi connectivity index (χ3n) is 4.41. The van der Waals surface area contributed by atoms with E-state index in [1.807, 2.05) is 24.3 Å². The number of carbonyl (C=O) groups is 1. The number of amides is 1. The second kappa shape index (κ2) is 9.88. The Hall–Kier alpha value is -2.89. The van der Waals surface area contributed by atoms with Gasteiger partial charge in [0.2, 0.25) is 5.75 Å². The number of nitrogens with one attached hydrogen (secondary N) is 1. The van der Waals surface area contributed by atoms with Gasteiger partial charge >= 0.3 is 0 Å². The molecule has 0 aromatic heterocycles. The van der Waals surface area contributed by atoms with Crippen molar-refractivity contribution in [2.75, 3.05) is 21.3 Å². The van der Waals surface area contributed by atoms with Crippen LogP contribution >= 0.6 is 0 Å². The molecule has 0 aliphatic rings. The first-order chi connectivity index (χ1) is 13.4. The van der Waals surface area contributed by atoms with E-state index < -0.39 is 6.10 Å². The summed E-state index contributed by atoms with van der Waals surface area (Å²) < 4.78 is 21.9. The second-order valence-corrected chi connectivity index (χ2v) is 6.70. The van der Waals surface area contributed by atoms with E-state index in [0.717, 1.165) is 16.9 Å². The first-order valence-corrected chi connectivity index (χ1v) is 9.23. The SMILES string of the molecule is COc1cc(CNC(=O)C(C)Oc2ccccc2C(C)C)cc(OC)c1OC. The van der Waals surface area contributed by atoms with E-state index >= 15 is 0 Å². The van der Waals surface area contributed by atoms with Crippen LogP contribution in [0.4, 0.5) is 0 Å². The molecule has 0 radical (unpaired) electrons. The predicted molar refractivity (Wildman–Crippen MR) is 109 cm³/mol. The van der Waals surface area contributed by atoms with Gasteiger partial charge in [-0.25, -0.2) is 0 Å². The fourth-order valence-corrected chi connectivity index (χ4v) is 2.88. The highest BCUT2D eigenvalue weighted by Crippen LogP contribution is 2.38. The number of hydrogen-bond donors (Lipinski definition) is 1. The molecule has 0 aliphatic carbocycles. The molecule has 6 nitrogen and oxygen atoms in total. The highest BCUT2D eigenvalue weighted by molar-refractivity contribution is 5.80. The lowest BCUT2D eigenvalue weighted by atomic mass is 10.0. The van der Waals surface area contributed by atoms with E-state index in [4.69, 9.17) is 18.9 Å². The number of hydrogen-bond acceptors (Lipinski definition) is 5. The van der Waals surface area contributed by atoms with E-state index in [1.54, 1.807) is 40.4 Å². The van der Waals surface area contributed by atoms with Crippen LogP contribution < -0.4 is 24.3 Å². The predicted octanol–water partition coefficient (Wildman–Crippen LogP) is 3.92. The highest BCUT2D eigenvalue weighted by atomic mass is 16.5. The number of rotatable bonds is 9. The fraction of sp³-hybridized carbons (Fsp3) is 0.409. The average molecular weight is 387 g/mol. The number of carbonyl (C=O) groups excluding carboxylic acids is 1. The Labute approximate surface area is 166 Å².